The van der Waals surface area contributed by atoms with Gasteiger partial charge in [0.25, 0.3) is 0 Å². The first-order valence-corrected chi connectivity index (χ1v) is 6.08. The number of hydrogen-bond acceptors (Lipinski definition) is 2. The first kappa shape index (κ1) is 12.1. The SMILES string of the molecule is CC1(CNCc2ccccc2CC(=O)O)CC1. The maximum atomic E-state index is 10.7. The largest absolute Gasteiger partial charge is 0.481 e. The van der Waals surface area contributed by atoms with Gasteiger partial charge in [0.05, 0.1) is 6.42 Å². The Balaban J connectivity index is 1.92. The molecular weight excluding hydrogens is 214 g/mol. The first-order valence-electron chi connectivity index (χ1n) is 6.08. The van der Waals surface area contributed by atoms with Crippen LogP contribution >= 0.6 is 0 Å². The quantitative estimate of drug-likeness (QED) is 0.792. The molecule has 1 fully saturated rings. The van der Waals surface area contributed by atoms with Crippen LogP contribution in [-0.2, 0) is 17.8 Å². The Morgan fingerprint density at radius 3 is 2.59 bits per heavy atom. The highest BCUT2D eigenvalue weighted by atomic mass is 16.4. The van der Waals surface area contributed by atoms with E-state index in [0.29, 0.717) is 5.41 Å². The standard InChI is InChI=1S/C14H19NO2/c1-14(6-7-14)10-15-9-12-5-3-2-4-11(12)8-13(16)17/h2-5,15H,6-10H2,1H3,(H,16,17). The monoisotopic (exact) mass is 233 g/mol. The van der Waals surface area contributed by atoms with E-state index < -0.39 is 5.97 Å². The second-order valence-corrected chi connectivity index (χ2v) is 5.25. The zero-order valence-corrected chi connectivity index (χ0v) is 10.2. The molecule has 3 nitrogen and oxygen atoms in total. The van der Waals surface area contributed by atoms with Crippen molar-refractivity contribution in [1.82, 2.24) is 5.32 Å². The summed E-state index contributed by atoms with van der Waals surface area (Å²) in [6, 6.07) is 7.75. The summed E-state index contributed by atoms with van der Waals surface area (Å²) in [4.78, 5) is 10.7. The molecule has 0 saturated heterocycles. The van der Waals surface area contributed by atoms with Gasteiger partial charge < -0.3 is 10.4 Å². The molecule has 0 aliphatic heterocycles. The highest BCUT2D eigenvalue weighted by Crippen LogP contribution is 2.44. The Kier molecular flexibility index (Phi) is 3.48. The minimum absolute atomic E-state index is 0.106. The lowest BCUT2D eigenvalue weighted by atomic mass is 10.0. The van der Waals surface area contributed by atoms with Crippen molar-refractivity contribution in [2.75, 3.05) is 6.54 Å². The number of hydrogen-bond donors (Lipinski definition) is 2. The van der Waals surface area contributed by atoms with Gasteiger partial charge >= 0.3 is 5.97 Å². The van der Waals surface area contributed by atoms with Gasteiger partial charge in [0, 0.05) is 13.1 Å². The number of carboxylic acid groups (broad SMARTS) is 1. The van der Waals surface area contributed by atoms with Crippen molar-refractivity contribution in [2.24, 2.45) is 5.41 Å². The highest BCUT2D eigenvalue weighted by Gasteiger charge is 2.36. The van der Waals surface area contributed by atoms with Gasteiger partial charge in [0.1, 0.15) is 0 Å². The molecule has 1 aromatic rings. The molecule has 2 rings (SSSR count). The maximum Gasteiger partial charge on any atom is 0.307 e. The average molecular weight is 233 g/mol. The van der Waals surface area contributed by atoms with Gasteiger partial charge in [-0.3, -0.25) is 4.79 Å². The molecule has 17 heavy (non-hydrogen) atoms. The van der Waals surface area contributed by atoms with Crippen molar-refractivity contribution in [1.29, 1.82) is 0 Å². The molecule has 92 valence electrons. The van der Waals surface area contributed by atoms with Crippen molar-refractivity contribution in [3.8, 4) is 0 Å². The molecule has 0 heterocycles. The highest BCUT2D eigenvalue weighted by molar-refractivity contribution is 5.70. The Morgan fingerprint density at radius 1 is 1.35 bits per heavy atom. The predicted molar refractivity (Wildman–Crippen MR) is 66.8 cm³/mol. The van der Waals surface area contributed by atoms with E-state index in [1.54, 1.807) is 0 Å². The third-order valence-corrected chi connectivity index (χ3v) is 3.43. The summed E-state index contributed by atoms with van der Waals surface area (Å²) in [5.41, 5.74) is 2.49. The molecule has 1 aliphatic carbocycles. The zero-order chi connectivity index (χ0) is 12.3. The van der Waals surface area contributed by atoms with E-state index in [4.69, 9.17) is 5.11 Å². The summed E-state index contributed by atoms with van der Waals surface area (Å²) >= 11 is 0. The average Bonchev–Trinajstić information content (AvgIpc) is 2.99. The van der Waals surface area contributed by atoms with Crippen molar-refractivity contribution in [3.63, 3.8) is 0 Å². The number of nitrogens with one attached hydrogen (secondary N) is 1. The Bertz CT molecular complexity index is 410. The van der Waals surface area contributed by atoms with Gasteiger partial charge in [-0.25, -0.2) is 0 Å². The number of rotatable bonds is 6. The third-order valence-electron chi connectivity index (χ3n) is 3.43. The van der Waals surface area contributed by atoms with Crippen LogP contribution in [0.5, 0.6) is 0 Å². The molecule has 0 unspecified atom stereocenters. The van der Waals surface area contributed by atoms with E-state index >= 15 is 0 Å². The first-order chi connectivity index (χ1) is 8.09. The minimum atomic E-state index is -0.772. The van der Waals surface area contributed by atoms with Crippen LogP contribution in [-0.4, -0.2) is 17.6 Å². The summed E-state index contributed by atoms with van der Waals surface area (Å²) in [7, 11) is 0. The number of benzene rings is 1. The molecule has 2 N–H and O–H groups in total. The van der Waals surface area contributed by atoms with Crippen LogP contribution in [0.2, 0.25) is 0 Å². The van der Waals surface area contributed by atoms with E-state index in [-0.39, 0.29) is 6.42 Å². The van der Waals surface area contributed by atoms with Crippen molar-refractivity contribution < 1.29 is 9.90 Å². The van der Waals surface area contributed by atoms with Crippen LogP contribution in [0.15, 0.2) is 24.3 Å². The maximum absolute atomic E-state index is 10.7. The molecule has 0 amide bonds. The van der Waals surface area contributed by atoms with Crippen LogP contribution in [0, 0.1) is 5.41 Å². The second kappa shape index (κ2) is 4.88. The summed E-state index contributed by atoms with van der Waals surface area (Å²) in [5.74, 6) is -0.772. The molecule has 0 radical (unpaired) electrons. The third kappa shape index (κ3) is 3.56. The van der Waals surface area contributed by atoms with E-state index in [1.165, 1.54) is 12.8 Å². The Morgan fingerprint density at radius 2 is 2.00 bits per heavy atom. The van der Waals surface area contributed by atoms with Crippen LogP contribution in [0.1, 0.15) is 30.9 Å². The summed E-state index contributed by atoms with van der Waals surface area (Å²) < 4.78 is 0. The van der Waals surface area contributed by atoms with E-state index in [2.05, 4.69) is 12.2 Å². The molecular formula is C14H19NO2. The molecule has 0 aromatic heterocycles. The molecule has 0 atom stereocenters. The zero-order valence-electron chi connectivity index (χ0n) is 10.2. The van der Waals surface area contributed by atoms with Crippen LogP contribution in [0.25, 0.3) is 0 Å². The number of carbonyl (C=O) groups is 1. The van der Waals surface area contributed by atoms with E-state index in [9.17, 15) is 4.79 Å². The van der Waals surface area contributed by atoms with Gasteiger partial charge in [0.2, 0.25) is 0 Å². The van der Waals surface area contributed by atoms with Crippen molar-refractivity contribution in [3.05, 3.63) is 35.4 Å². The van der Waals surface area contributed by atoms with Gasteiger partial charge in [-0.15, -0.1) is 0 Å². The van der Waals surface area contributed by atoms with Gasteiger partial charge in [-0.2, -0.15) is 0 Å². The van der Waals surface area contributed by atoms with Crippen molar-refractivity contribution >= 4 is 5.97 Å². The Labute approximate surface area is 102 Å². The predicted octanol–water partition coefficient (Wildman–Crippen LogP) is 2.20. The fourth-order valence-corrected chi connectivity index (χ4v) is 1.95. The number of aliphatic carboxylic acids is 1. The van der Waals surface area contributed by atoms with Crippen LogP contribution in [0.4, 0.5) is 0 Å². The van der Waals surface area contributed by atoms with Crippen molar-refractivity contribution in [2.45, 2.75) is 32.7 Å². The lowest BCUT2D eigenvalue weighted by molar-refractivity contribution is -0.136. The number of carboxylic acids is 1. The fraction of sp³-hybridized carbons (Fsp3) is 0.500. The van der Waals surface area contributed by atoms with Gasteiger partial charge in [-0.1, -0.05) is 31.2 Å². The lowest BCUT2D eigenvalue weighted by Crippen LogP contribution is -2.22. The van der Waals surface area contributed by atoms with Gasteiger partial charge in [-0.05, 0) is 29.4 Å². The molecule has 3 heteroatoms. The van der Waals surface area contributed by atoms with Crippen LogP contribution < -0.4 is 5.32 Å². The molecule has 1 aromatic carbocycles. The molecule has 1 saturated carbocycles. The summed E-state index contributed by atoms with van der Waals surface area (Å²) in [5, 5.41) is 12.3. The van der Waals surface area contributed by atoms with Gasteiger partial charge in [0.15, 0.2) is 0 Å². The van der Waals surface area contributed by atoms with E-state index in [1.807, 2.05) is 24.3 Å². The molecule has 0 bridgehead atoms. The van der Waals surface area contributed by atoms with E-state index in [0.717, 1.165) is 24.2 Å². The topological polar surface area (TPSA) is 49.3 Å². The molecule has 1 aliphatic rings. The molecule has 0 spiro atoms. The summed E-state index contributed by atoms with van der Waals surface area (Å²) in [6.07, 6.45) is 2.71. The normalized spacial score (nSPS) is 16.8. The Hall–Kier alpha value is -1.35. The fourth-order valence-electron chi connectivity index (χ4n) is 1.95. The smallest absolute Gasteiger partial charge is 0.307 e. The second-order valence-electron chi connectivity index (χ2n) is 5.25. The van der Waals surface area contributed by atoms with Crippen LogP contribution in [0.3, 0.4) is 0 Å². The summed E-state index contributed by atoms with van der Waals surface area (Å²) in [6.45, 7) is 4.07. The minimum Gasteiger partial charge on any atom is -0.481 e. The lowest BCUT2D eigenvalue weighted by Gasteiger charge is -2.12.